The standard InChI is InChI=1S/C18H19N3O2/c1-22-17-8-7-13(9-18(17)23-2)10-20-21-12-14-11-19-16-6-4-3-5-15(14)16/h3-9,11-12,19-20H,10H2,1-2H3/b21-12-. The summed E-state index contributed by atoms with van der Waals surface area (Å²) >= 11 is 0. The van der Waals surface area contributed by atoms with Crippen LogP contribution in [0.4, 0.5) is 0 Å². The number of aromatic nitrogens is 1. The smallest absolute Gasteiger partial charge is 0.161 e. The van der Waals surface area contributed by atoms with Crippen LogP contribution < -0.4 is 14.9 Å². The number of methoxy groups -OCH3 is 2. The lowest BCUT2D eigenvalue weighted by Gasteiger charge is -2.09. The van der Waals surface area contributed by atoms with Gasteiger partial charge in [-0.05, 0) is 23.8 Å². The lowest BCUT2D eigenvalue weighted by molar-refractivity contribution is 0.354. The predicted octanol–water partition coefficient (Wildman–Crippen LogP) is 3.31. The molecular formula is C18H19N3O2. The van der Waals surface area contributed by atoms with Gasteiger partial charge in [0.05, 0.1) is 27.0 Å². The molecule has 0 atom stereocenters. The molecule has 2 aromatic carbocycles. The molecule has 0 radical (unpaired) electrons. The second-order valence-corrected chi connectivity index (χ2v) is 5.07. The minimum atomic E-state index is 0.610. The monoisotopic (exact) mass is 309 g/mol. The Hall–Kier alpha value is -2.95. The molecule has 0 aliphatic carbocycles. The summed E-state index contributed by atoms with van der Waals surface area (Å²) in [6.45, 7) is 0.610. The first-order valence-corrected chi connectivity index (χ1v) is 7.35. The quantitative estimate of drug-likeness (QED) is 0.542. The molecule has 0 aliphatic rings. The van der Waals surface area contributed by atoms with Gasteiger partial charge in [0, 0.05) is 22.7 Å². The van der Waals surface area contributed by atoms with Crippen LogP contribution in [0.15, 0.2) is 53.8 Å². The molecule has 0 saturated carbocycles. The Morgan fingerprint density at radius 1 is 1.09 bits per heavy atom. The SMILES string of the molecule is COc1ccc(CN/N=C\c2c[nH]c3ccccc23)cc1OC. The van der Waals surface area contributed by atoms with Gasteiger partial charge in [-0.1, -0.05) is 24.3 Å². The van der Waals surface area contributed by atoms with E-state index in [1.54, 1.807) is 14.2 Å². The number of nitrogens with zero attached hydrogens (tertiary/aromatic N) is 1. The number of ether oxygens (including phenoxy) is 2. The van der Waals surface area contributed by atoms with Gasteiger partial charge in [0.2, 0.25) is 0 Å². The van der Waals surface area contributed by atoms with Crippen LogP contribution in [0.1, 0.15) is 11.1 Å². The van der Waals surface area contributed by atoms with Crippen molar-refractivity contribution in [3.8, 4) is 11.5 Å². The first kappa shape index (κ1) is 15.0. The summed E-state index contributed by atoms with van der Waals surface area (Å²) in [5, 5.41) is 5.45. The van der Waals surface area contributed by atoms with E-state index in [9.17, 15) is 0 Å². The van der Waals surface area contributed by atoms with E-state index >= 15 is 0 Å². The lowest BCUT2D eigenvalue weighted by atomic mass is 10.2. The predicted molar refractivity (Wildman–Crippen MR) is 92.3 cm³/mol. The number of hydrogen-bond donors (Lipinski definition) is 2. The van der Waals surface area contributed by atoms with E-state index in [1.165, 1.54) is 0 Å². The van der Waals surface area contributed by atoms with Crippen molar-refractivity contribution in [2.45, 2.75) is 6.54 Å². The van der Waals surface area contributed by atoms with Crippen LogP contribution in [0.25, 0.3) is 10.9 Å². The van der Waals surface area contributed by atoms with E-state index in [2.05, 4.69) is 21.6 Å². The number of aromatic amines is 1. The van der Waals surface area contributed by atoms with Gasteiger partial charge in [0.15, 0.2) is 11.5 Å². The molecule has 3 rings (SSSR count). The third-order valence-electron chi connectivity index (χ3n) is 3.65. The van der Waals surface area contributed by atoms with Gasteiger partial charge in [-0.2, -0.15) is 5.10 Å². The summed E-state index contributed by atoms with van der Waals surface area (Å²) in [6, 6.07) is 14.0. The Balaban J connectivity index is 1.65. The third-order valence-corrected chi connectivity index (χ3v) is 3.65. The zero-order chi connectivity index (χ0) is 16.1. The fourth-order valence-corrected chi connectivity index (χ4v) is 2.44. The molecule has 1 heterocycles. The molecular weight excluding hydrogens is 290 g/mol. The van der Waals surface area contributed by atoms with Crippen molar-refractivity contribution in [2.24, 2.45) is 5.10 Å². The number of hydrogen-bond acceptors (Lipinski definition) is 4. The zero-order valence-corrected chi connectivity index (χ0v) is 13.2. The Labute approximate surface area is 134 Å². The summed E-state index contributed by atoms with van der Waals surface area (Å²) < 4.78 is 10.5. The topological polar surface area (TPSA) is 58.6 Å². The second-order valence-electron chi connectivity index (χ2n) is 5.07. The molecule has 2 N–H and O–H groups in total. The van der Waals surface area contributed by atoms with Crippen molar-refractivity contribution in [2.75, 3.05) is 14.2 Å². The van der Waals surface area contributed by atoms with Gasteiger partial charge < -0.3 is 19.9 Å². The first-order chi connectivity index (χ1) is 11.3. The molecule has 0 aliphatic heterocycles. The Morgan fingerprint density at radius 3 is 2.74 bits per heavy atom. The largest absolute Gasteiger partial charge is 0.493 e. The first-order valence-electron chi connectivity index (χ1n) is 7.35. The van der Waals surface area contributed by atoms with Crippen LogP contribution in [-0.4, -0.2) is 25.4 Å². The molecule has 1 aromatic heterocycles. The molecule has 0 spiro atoms. The number of hydrazone groups is 1. The number of nitrogens with one attached hydrogen (secondary N) is 2. The highest BCUT2D eigenvalue weighted by molar-refractivity contribution is 5.98. The van der Waals surface area contributed by atoms with Gasteiger partial charge in [-0.15, -0.1) is 0 Å². The van der Waals surface area contributed by atoms with Gasteiger partial charge in [-0.25, -0.2) is 0 Å². The third kappa shape index (κ3) is 3.29. The van der Waals surface area contributed by atoms with E-state index < -0.39 is 0 Å². The van der Waals surface area contributed by atoms with Crippen LogP contribution in [-0.2, 0) is 6.54 Å². The molecule has 3 aromatic rings. The summed E-state index contributed by atoms with van der Waals surface area (Å²) in [7, 11) is 3.26. The molecule has 0 bridgehead atoms. The van der Waals surface area contributed by atoms with Gasteiger partial charge >= 0.3 is 0 Å². The molecule has 0 amide bonds. The molecule has 0 fully saturated rings. The van der Waals surface area contributed by atoms with Crippen LogP contribution in [0.2, 0.25) is 0 Å². The van der Waals surface area contributed by atoms with Crippen LogP contribution in [0.5, 0.6) is 11.5 Å². The lowest BCUT2D eigenvalue weighted by Crippen LogP contribution is -2.05. The van der Waals surface area contributed by atoms with E-state index in [4.69, 9.17) is 9.47 Å². The number of para-hydroxylation sites is 1. The highest BCUT2D eigenvalue weighted by Gasteiger charge is 2.04. The Kier molecular flexibility index (Phi) is 4.47. The highest BCUT2D eigenvalue weighted by atomic mass is 16.5. The number of benzene rings is 2. The minimum Gasteiger partial charge on any atom is -0.493 e. The van der Waals surface area contributed by atoms with E-state index in [0.29, 0.717) is 12.3 Å². The van der Waals surface area contributed by atoms with E-state index in [-0.39, 0.29) is 0 Å². The maximum Gasteiger partial charge on any atom is 0.161 e. The summed E-state index contributed by atoms with van der Waals surface area (Å²) in [5.74, 6) is 1.44. The van der Waals surface area contributed by atoms with Crippen molar-refractivity contribution < 1.29 is 9.47 Å². The second kappa shape index (κ2) is 6.87. The van der Waals surface area contributed by atoms with Crippen LogP contribution in [0, 0.1) is 0 Å². The summed E-state index contributed by atoms with van der Waals surface area (Å²) in [6.07, 6.45) is 3.77. The van der Waals surface area contributed by atoms with Crippen molar-refractivity contribution in [3.63, 3.8) is 0 Å². The highest BCUT2D eigenvalue weighted by Crippen LogP contribution is 2.27. The summed E-state index contributed by atoms with van der Waals surface area (Å²) in [4.78, 5) is 3.23. The van der Waals surface area contributed by atoms with Gasteiger partial charge in [0.25, 0.3) is 0 Å². The van der Waals surface area contributed by atoms with Crippen LogP contribution in [0.3, 0.4) is 0 Å². The number of H-pyrrole nitrogens is 1. The fourth-order valence-electron chi connectivity index (χ4n) is 2.44. The number of fused-ring (bicyclic) bond motifs is 1. The minimum absolute atomic E-state index is 0.610. The van der Waals surface area contributed by atoms with Crippen molar-refractivity contribution in [1.29, 1.82) is 0 Å². The molecule has 5 heteroatoms. The maximum absolute atomic E-state index is 5.29. The zero-order valence-electron chi connectivity index (χ0n) is 13.2. The molecule has 23 heavy (non-hydrogen) atoms. The Bertz CT molecular complexity index is 824. The van der Waals surface area contributed by atoms with Crippen LogP contribution >= 0.6 is 0 Å². The van der Waals surface area contributed by atoms with Gasteiger partial charge in [0.1, 0.15) is 0 Å². The van der Waals surface area contributed by atoms with E-state index in [0.717, 1.165) is 27.8 Å². The van der Waals surface area contributed by atoms with Crippen molar-refractivity contribution >= 4 is 17.1 Å². The molecule has 0 unspecified atom stereocenters. The normalized spacial score (nSPS) is 11.0. The van der Waals surface area contributed by atoms with Crippen molar-refractivity contribution in [1.82, 2.24) is 10.4 Å². The fraction of sp³-hybridized carbons (Fsp3) is 0.167. The number of rotatable bonds is 6. The average molecular weight is 309 g/mol. The molecule has 5 nitrogen and oxygen atoms in total. The molecule has 0 saturated heterocycles. The molecule has 118 valence electrons. The average Bonchev–Trinajstić information content (AvgIpc) is 3.01. The Morgan fingerprint density at radius 2 is 1.91 bits per heavy atom. The van der Waals surface area contributed by atoms with Crippen molar-refractivity contribution in [3.05, 3.63) is 59.8 Å². The van der Waals surface area contributed by atoms with Gasteiger partial charge in [-0.3, -0.25) is 0 Å². The maximum atomic E-state index is 5.29. The van der Waals surface area contributed by atoms with E-state index in [1.807, 2.05) is 48.8 Å². The summed E-state index contributed by atoms with van der Waals surface area (Å²) in [5.41, 5.74) is 6.28.